The van der Waals surface area contributed by atoms with E-state index in [0.29, 0.717) is 0 Å². The summed E-state index contributed by atoms with van der Waals surface area (Å²) in [5, 5.41) is 0. The fourth-order valence-electron chi connectivity index (χ4n) is 2.25. The number of H-pyrrole nitrogens is 1. The lowest BCUT2D eigenvalue weighted by atomic mass is 10.2. The number of nitrogens with zero attached hydrogens (tertiary/aromatic N) is 2. The summed E-state index contributed by atoms with van der Waals surface area (Å²) in [5.74, 6) is 2.53. The van der Waals surface area contributed by atoms with Crippen LogP contribution in [0.15, 0.2) is 10.8 Å². The first kappa shape index (κ1) is 15.7. The van der Waals surface area contributed by atoms with Crippen molar-refractivity contribution >= 4 is 32.1 Å². The normalized spacial score (nSPS) is 23.7. The monoisotopic (exact) mass is 363 g/mol. The van der Waals surface area contributed by atoms with Gasteiger partial charge in [0, 0.05) is 5.75 Å². The maximum Gasteiger partial charge on any atom is 0.411 e. The number of hydrogen-bond donors (Lipinski definition) is 1. The molecule has 1 amide bonds. The Morgan fingerprint density at radius 1 is 1.55 bits per heavy atom. The third-order valence-corrected chi connectivity index (χ3v) is 5.58. The topological polar surface area (TPSA) is 58.2 Å². The van der Waals surface area contributed by atoms with Crippen molar-refractivity contribution in [1.29, 1.82) is 0 Å². The minimum absolute atomic E-state index is 0.0267. The molecule has 2 heterocycles. The van der Waals surface area contributed by atoms with E-state index in [4.69, 9.17) is 4.74 Å². The Labute approximate surface area is 129 Å². The number of carbonyl (C=O) groups is 1. The Kier molecular flexibility index (Phi) is 4.12. The van der Waals surface area contributed by atoms with Crippen LogP contribution in [-0.4, -0.2) is 50.7 Å². The molecule has 1 saturated heterocycles. The SMILES string of the molecule is CC(C)(C)OC(=O)N1CS(C)(C)C[C@H]1c1ncc(Br)[nH]1. The number of imidazole rings is 1. The average Bonchev–Trinajstić information content (AvgIpc) is 2.79. The molecule has 20 heavy (non-hydrogen) atoms. The van der Waals surface area contributed by atoms with E-state index >= 15 is 0 Å². The second-order valence-electron chi connectivity index (χ2n) is 6.65. The number of amides is 1. The lowest BCUT2D eigenvalue weighted by Gasteiger charge is -2.28. The maximum absolute atomic E-state index is 12.4. The zero-order chi connectivity index (χ0) is 15.1. The van der Waals surface area contributed by atoms with Gasteiger partial charge in [-0.25, -0.2) is 19.8 Å². The molecule has 1 atom stereocenters. The molecule has 1 aromatic rings. The molecule has 2 rings (SSSR count). The van der Waals surface area contributed by atoms with Crippen molar-refractivity contribution in [2.75, 3.05) is 24.1 Å². The summed E-state index contributed by atoms with van der Waals surface area (Å²) in [6.07, 6.45) is 5.95. The van der Waals surface area contributed by atoms with Gasteiger partial charge in [-0.05, 0) is 49.2 Å². The van der Waals surface area contributed by atoms with Gasteiger partial charge in [-0.15, -0.1) is 0 Å². The van der Waals surface area contributed by atoms with E-state index in [1.807, 2.05) is 25.7 Å². The molecule has 0 radical (unpaired) electrons. The van der Waals surface area contributed by atoms with Gasteiger partial charge in [0.2, 0.25) is 0 Å². The van der Waals surface area contributed by atoms with Gasteiger partial charge >= 0.3 is 6.09 Å². The fourth-order valence-corrected chi connectivity index (χ4v) is 4.89. The van der Waals surface area contributed by atoms with Crippen LogP contribution in [0.3, 0.4) is 0 Å². The summed E-state index contributed by atoms with van der Waals surface area (Å²) in [6.45, 7) is 5.66. The van der Waals surface area contributed by atoms with Crippen LogP contribution in [0.1, 0.15) is 32.6 Å². The van der Waals surface area contributed by atoms with Crippen LogP contribution in [0.5, 0.6) is 0 Å². The molecule has 0 aromatic carbocycles. The molecule has 0 aliphatic carbocycles. The standard InChI is InChI=1S/C13H22BrN3O2S/c1-13(2,3)19-12(18)17-8-20(4,5)7-9(17)11-15-6-10(14)16-11/h6,9H,7-8H2,1-5H3,(H,15,16)/t9-/m0/s1. The van der Waals surface area contributed by atoms with Crippen LogP contribution < -0.4 is 0 Å². The van der Waals surface area contributed by atoms with Gasteiger partial charge in [-0.2, -0.15) is 0 Å². The van der Waals surface area contributed by atoms with Crippen molar-refractivity contribution in [3.05, 3.63) is 16.6 Å². The molecule has 1 aliphatic heterocycles. The van der Waals surface area contributed by atoms with E-state index < -0.39 is 15.6 Å². The molecular formula is C13H22BrN3O2S. The summed E-state index contributed by atoms with van der Waals surface area (Å²) in [7, 11) is -0.834. The van der Waals surface area contributed by atoms with Crippen molar-refractivity contribution < 1.29 is 9.53 Å². The zero-order valence-corrected chi connectivity index (χ0v) is 15.0. The summed E-state index contributed by atoms with van der Waals surface area (Å²) < 4.78 is 6.35. The van der Waals surface area contributed by atoms with Gasteiger partial charge in [0.25, 0.3) is 0 Å². The van der Waals surface area contributed by atoms with Crippen LogP contribution in [0.4, 0.5) is 4.79 Å². The highest BCUT2D eigenvalue weighted by Crippen LogP contribution is 2.52. The summed E-state index contributed by atoms with van der Waals surface area (Å²) in [5.41, 5.74) is -0.479. The predicted octanol–water partition coefficient (Wildman–Crippen LogP) is 3.49. The number of aromatic amines is 1. The van der Waals surface area contributed by atoms with E-state index in [0.717, 1.165) is 22.1 Å². The third-order valence-electron chi connectivity index (χ3n) is 2.98. The predicted molar refractivity (Wildman–Crippen MR) is 86.3 cm³/mol. The number of rotatable bonds is 1. The van der Waals surface area contributed by atoms with E-state index in [1.165, 1.54) is 0 Å². The fraction of sp³-hybridized carbons (Fsp3) is 0.692. The highest BCUT2D eigenvalue weighted by Gasteiger charge is 2.41. The van der Waals surface area contributed by atoms with E-state index in [2.05, 4.69) is 38.4 Å². The second-order valence-corrected chi connectivity index (χ2v) is 11.6. The Morgan fingerprint density at radius 3 is 2.70 bits per heavy atom. The summed E-state index contributed by atoms with van der Waals surface area (Å²) >= 11 is 3.37. The van der Waals surface area contributed by atoms with Crippen LogP contribution >= 0.6 is 26.0 Å². The number of halogens is 1. The van der Waals surface area contributed by atoms with Crippen molar-refractivity contribution in [3.63, 3.8) is 0 Å². The second kappa shape index (κ2) is 5.26. The van der Waals surface area contributed by atoms with Crippen molar-refractivity contribution in [3.8, 4) is 0 Å². The minimum Gasteiger partial charge on any atom is -0.444 e. The highest BCUT2D eigenvalue weighted by molar-refractivity contribution is 9.10. The number of hydrogen-bond acceptors (Lipinski definition) is 3. The molecule has 1 fully saturated rings. The summed E-state index contributed by atoms with van der Waals surface area (Å²) in [4.78, 5) is 21.7. The van der Waals surface area contributed by atoms with Gasteiger partial charge in [0.1, 0.15) is 22.1 Å². The van der Waals surface area contributed by atoms with Crippen molar-refractivity contribution in [1.82, 2.24) is 14.9 Å². The van der Waals surface area contributed by atoms with Crippen molar-refractivity contribution in [2.24, 2.45) is 0 Å². The highest BCUT2D eigenvalue weighted by atomic mass is 79.9. The molecular weight excluding hydrogens is 342 g/mol. The van der Waals surface area contributed by atoms with Gasteiger partial charge in [-0.3, -0.25) is 4.90 Å². The Morgan fingerprint density at radius 2 is 2.20 bits per heavy atom. The Balaban J connectivity index is 2.22. The molecule has 1 aromatic heterocycles. The van der Waals surface area contributed by atoms with Gasteiger partial charge in [-0.1, -0.05) is 0 Å². The van der Waals surface area contributed by atoms with Crippen LogP contribution in [0.25, 0.3) is 0 Å². The Hall–Kier alpha value is -0.690. The molecule has 1 aliphatic rings. The molecule has 0 spiro atoms. The molecule has 7 heteroatoms. The van der Waals surface area contributed by atoms with Gasteiger partial charge in [0.05, 0.1) is 12.1 Å². The maximum atomic E-state index is 12.4. The lowest BCUT2D eigenvalue weighted by molar-refractivity contribution is 0.0232. The van der Waals surface area contributed by atoms with E-state index in [-0.39, 0.29) is 12.1 Å². The Bertz CT molecular complexity index is 510. The first-order valence-electron chi connectivity index (χ1n) is 6.46. The minimum atomic E-state index is -0.834. The molecule has 5 nitrogen and oxygen atoms in total. The number of carbonyl (C=O) groups excluding carboxylic acids is 1. The van der Waals surface area contributed by atoms with Crippen LogP contribution in [0, 0.1) is 0 Å². The zero-order valence-electron chi connectivity index (χ0n) is 12.6. The lowest BCUT2D eigenvalue weighted by Crippen LogP contribution is -2.37. The van der Waals surface area contributed by atoms with Crippen molar-refractivity contribution in [2.45, 2.75) is 32.4 Å². The molecule has 1 N–H and O–H groups in total. The summed E-state index contributed by atoms with van der Waals surface area (Å²) in [6, 6.07) is -0.0267. The molecule has 0 unspecified atom stereocenters. The van der Waals surface area contributed by atoms with E-state index in [9.17, 15) is 4.79 Å². The number of nitrogens with one attached hydrogen (secondary N) is 1. The first-order chi connectivity index (χ1) is 9.07. The van der Waals surface area contributed by atoms with Gasteiger partial charge in [0.15, 0.2) is 0 Å². The largest absolute Gasteiger partial charge is 0.444 e. The molecule has 0 saturated carbocycles. The van der Waals surface area contributed by atoms with Crippen LogP contribution in [-0.2, 0) is 4.74 Å². The molecule has 0 bridgehead atoms. The first-order valence-corrected chi connectivity index (χ1v) is 10.0. The van der Waals surface area contributed by atoms with Gasteiger partial charge < -0.3 is 9.72 Å². The average molecular weight is 364 g/mol. The quantitative estimate of drug-likeness (QED) is 0.830. The smallest absolute Gasteiger partial charge is 0.411 e. The number of ether oxygens (including phenoxy) is 1. The third kappa shape index (κ3) is 3.69. The van der Waals surface area contributed by atoms with Crippen LogP contribution in [0.2, 0.25) is 0 Å². The van der Waals surface area contributed by atoms with E-state index in [1.54, 1.807) is 6.20 Å². The molecule has 114 valence electrons. The number of aromatic nitrogens is 2.